The fourth-order valence-electron chi connectivity index (χ4n) is 1.81. The molecule has 0 spiro atoms. The van der Waals surface area contributed by atoms with Gasteiger partial charge in [-0.25, -0.2) is 4.79 Å². The Balaban J connectivity index is 2.05. The summed E-state index contributed by atoms with van der Waals surface area (Å²) in [6, 6.07) is -0.325. The lowest BCUT2D eigenvalue weighted by Gasteiger charge is -2.20. The van der Waals surface area contributed by atoms with Crippen LogP contribution >= 0.6 is 0 Å². The minimum Gasteiger partial charge on any atom is -0.480 e. The second-order valence-corrected chi connectivity index (χ2v) is 4.48. The number of carboxylic acids is 1. The van der Waals surface area contributed by atoms with Gasteiger partial charge in [0.1, 0.15) is 6.54 Å². The summed E-state index contributed by atoms with van der Waals surface area (Å²) in [4.78, 5) is 24.1. The van der Waals surface area contributed by atoms with E-state index in [0.717, 1.165) is 12.8 Å². The standard InChI is InChI=1S/C11H16N4O3/c1-7-9(5-14(2)13-7)12-11(18)15(6-10(16)17)8-3-4-8/h5,8H,3-4,6H2,1-2H3,(H,12,18)(H,16,17). The van der Waals surface area contributed by atoms with Crippen LogP contribution < -0.4 is 5.32 Å². The summed E-state index contributed by atoms with van der Waals surface area (Å²) in [5, 5.41) is 15.6. The Morgan fingerprint density at radius 3 is 2.72 bits per heavy atom. The topological polar surface area (TPSA) is 87.5 Å². The molecule has 0 saturated heterocycles. The molecule has 1 aliphatic carbocycles. The first-order chi connectivity index (χ1) is 8.47. The maximum absolute atomic E-state index is 12.0. The van der Waals surface area contributed by atoms with Crippen LogP contribution in [0.1, 0.15) is 18.5 Å². The zero-order valence-electron chi connectivity index (χ0n) is 10.4. The molecule has 18 heavy (non-hydrogen) atoms. The van der Waals surface area contributed by atoms with Crippen molar-refractivity contribution in [2.45, 2.75) is 25.8 Å². The molecule has 98 valence electrons. The summed E-state index contributed by atoms with van der Waals surface area (Å²) in [5.41, 5.74) is 1.32. The number of rotatable bonds is 4. The molecule has 0 atom stereocenters. The normalized spacial score (nSPS) is 14.3. The number of carbonyl (C=O) groups is 2. The number of aryl methyl sites for hydroxylation is 2. The number of aromatic nitrogens is 2. The molecule has 1 heterocycles. The Bertz CT molecular complexity index is 479. The van der Waals surface area contributed by atoms with Gasteiger partial charge in [0, 0.05) is 19.3 Å². The number of hydrogen-bond donors (Lipinski definition) is 2. The van der Waals surface area contributed by atoms with Crippen LogP contribution in [-0.4, -0.2) is 44.4 Å². The number of hydrogen-bond acceptors (Lipinski definition) is 3. The Morgan fingerprint density at radius 2 is 2.28 bits per heavy atom. The first kappa shape index (κ1) is 12.4. The van der Waals surface area contributed by atoms with Crippen molar-refractivity contribution in [3.63, 3.8) is 0 Å². The van der Waals surface area contributed by atoms with Crippen LogP contribution in [0.2, 0.25) is 0 Å². The molecule has 0 bridgehead atoms. The van der Waals surface area contributed by atoms with E-state index in [1.54, 1.807) is 24.9 Å². The van der Waals surface area contributed by atoms with Crippen molar-refractivity contribution in [2.75, 3.05) is 11.9 Å². The average molecular weight is 252 g/mol. The van der Waals surface area contributed by atoms with Gasteiger partial charge in [-0.05, 0) is 19.8 Å². The van der Waals surface area contributed by atoms with Crippen LogP contribution in [-0.2, 0) is 11.8 Å². The van der Waals surface area contributed by atoms with Gasteiger partial charge in [-0.15, -0.1) is 0 Å². The van der Waals surface area contributed by atoms with E-state index in [1.165, 1.54) is 4.90 Å². The number of carboxylic acid groups (broad SMARTS) is 1. The molecule has 1 aromatic heterocycles. The van der Waals surface area contributed by atoms with E-state index >= 15 is 0 Å². The third kappa shape index (κ3) is 2.79. The molecule has 0 unspecified atom stereocenters. The van der Waals surface area contributed by atoms with Crippen molar-refractivity contribution in [1.29, 1.82) is 0 Å². The monoisotopic (exact) mass is 252 g/mol. The Morgan fingerprint density at radius 1 is 1.61 bits per heavy atom. The molecule has 2 amide bonds. The van der Waals surface area contributed by atoms with Crippen LogP contribution in [0.5, 0.6) is 0 Å². The van der Waals surface area contributed by atoms with Gasteiger partial charge >= 0.3 is 12.0 Å². The first-order valence-corrected chi connectivity index (χ1v) is 5.77. The predicted octanol–water partition coefficient (Wildman–Crippen LogP) is 0.809. The van der Waals surface area contributed by atoms with Gasteiger partial charge in [0.05, 0.1) is 11.4 Å². The third-order valence-electron chi connectivity index (χ3n) is 2.81. The Hall–Kier alpha value is -2.05. The van der Waals surface area contributed by atoms with Gasteiger partial charge in [-0.2, -0.15) is 5.10 Å². The van der Waals surface area contributed by atoms with Gasteiger partial charge < -0.3 is 15.3 Å². The maximum atomic E-state index is 12.0. The van der Waals surface area contributed by atoms with Crippen molar-refractivity contribution in [1.82, 2.24) is 14.7 Å². The molecular weight excluding hydrogens is 236 g/mol. The molecular formula is C11H16N4O3. The number of amides is 2. The fraction of sp³-hybridized carbons (Fsp3) is 0.545. The van der Waals surface area contributed by atoms with Crippen LogP contribution in [0.25, 0.3) is 0 Å². The average Bonchev–Trinajstić information content (AvgIpc) is 3.03. The number of aliphatic carboxylic acids is 1. The highest BCUT2D eigenvalue weighted by atomic mass is 16.4. The van der Waals surface area contributed by atoms with Gasteiger partial charge in [-0.1, -0.05) is 0 Å². The first-order valence-electron chi connectivity index (χ1n) is 5.77. The summed E-state index contributed by atoms with van der Waals surface area (Å²) >= 11 is 0. The minimum atomic E-state index is -1.00. The molecule has 2 rings (SSSR count). The minimum absolute atomic E-state index is 0.0538. The summed E-state index contributed by atoms with van der Waals surface area (Å²) in [6.07, 6.45) is 3.43. The van der Waals surface area contributed by atoms with E-state index in [1.807, 2.05) is 0 Å². The summed E-state index contributed by atoms with van der Waals surface area (Å²) in [5.74, 6) is -1.00. The van der Waals surface area contributed by atoms with E-state index in [9.17, 15) is 9.59 Å². The van der Waals surface area contributed by atoms with Crippen molar-refractivity contribution in [3.8, 4) is 0 Å². The van der Waals surface area contributed by atoms with E-state index in [0.29, 0.717) is 11.4 Å². The van der Waals surface area contributed by atoms with E-state index < -0.39 is 5.97 Å². The van der Waals surface area contributed by atoms with Gasteiger partial charge in [0.25, 0.3) is 0 Å². The van der Waals surface area contributed by atoms with Crippen molar-refractivity contribution < 1.29 is 14.7 Å². The molecule has 1 aliphatic rings. The second kappa shape index (κ2) is 4.67. The maximum Gasteiger partial charge on any atom is 0.323 e. The quantitative estimate of drug-likeness (QED) is 0.830. The van der Waals surface area contributed by atoms with E-state index in [-0.39, 0.29) is 18.6 Å². The number of nitrogens with zero attached hydrogens (tertiary/aromatic N) is 3. The second-order valence-electron chi connectivity index (χ2n) is 4.48. The third-order valence-corrected chi connectivity index (χ3v) is 2.81. The molecule has 1 fully saturated rings. The van der Waals surface area contributed by atoms with Crippen molar-refractivity contribution >= 4 is 17.7 Å². The highest BCUT2D eigenvalue weighted by Gasteiger charge is 2.34. The van der Waals surface area contributed by atoms with Crippen LogP contribution in [0, 0.1) is 6.92 Å². The predicted molar refractivity (Wildman–Crippen MR) is 64.3 cm³/mol. The Labute approximate surface area is 104 Å². The molecule has 7 nitrogen and oxygen atoms in total. The van der Waals surface area contributed by atoms with Gasteiger partial charge in [-0.3, -0.25) is 9.48 Å². The summed E-state index contributed by atoms with van der Waals surface area (Å²) < 4.78 is 1.60. The van der Waals surface area contributed by atoms with Crippen molar-refractivity contribution in [3.05, 3.63) is 11.9 Å². The highest BCUT2D eigenvalue weighted by Crippen LogP contribution is 2.27. The molecule has 7 heteroatoms. The molecule has 2 N–H and O–H groups in total. The molecule has 0 radical (unpaired) electrons. The Kier molecular flexibility index (Phi) is 3.22. The van der Waals surface area contributed by atoms with Crippen LogP contribution in [0.3, 0.4) is 0 Å². The van der Waals surface area contributed by atoms with E-state index in [4.69, 9.17) is 5.11 Å². The van der Waals surface area contributed by atoms with Crippen LogP contribution in [0.15, 0.2) is 6.20 Å². The van der Waals surface area contributed by atoms with Crippen LogP contribution in [0.4, 0.5) is 10.5 Å². The number of nitrogens with one attached hydrogen (secondary N) is 1. The summed E-state index contributed by atoms with van der Waals surface area (Å²) in [7, 11) is 1.76. The smallest absolute Gasteiger partial charge is 0.323 e. The van der Waals surface area contributed by atoms with E-state index in [2.05, 4.69) is 10.4 Å². The molecule has 1 aromatic rings. The molecule has 1 saturated carbocycles. The lowest BCUT2D eigenvalue weighted by atomic mass is 10.4. The SMILES string of the molecule is Cc1nn(C)cc1NC(=O)N(CC(=O)O)C1CC1. The molecule has 0 aromatic carbocycles. The fourth-order valence-corrected chi connectivity index (χ4v) is 1.81. The molecule has 0 aliphatic heterocycles. The number of anilines is 1. The number of carbonyl (C=O) groups excluding carboxylic acids is 1. The van der Waals surface area contributed by atoms with Gasteiger partial charge in [0.15, 0.2) is 0 Å². The lowest BCUT2D eigenvalue weighted by Crippen LogP contribution is -2.40. The lowest BCUT2D eigenvalue weighted by molar-refractivity contribution is -0.137. The highest BCUT2D eigenvalue weighted by molar-refractivity contribution is 5.92. The largest absolute Gasteiger partial charge is 0.480 e. The zero-order valence-corrected chi connectivity index (χ0v) is 10.4. The number of urea groups is 1. The zero-order chi connectivity index (χ0) is 13.3. The van der Waals surface area contributed by atoms with Gasteiger partial charge in [0.2, 0.25) is 0 Å². The summed E-state index contributed by atoms with van der Waals surface area (Å²) in [6.45, 7) is 1.52. The van der Waals surface area contributed by atoms with Crippen molar-refractivity contribution in [2.24, 2.45) is 7.05 Å².